The fourth-order valence-electron chi connectivity index (χ4n) is 5.07. The maximum atomic E-state index is 12.9. The molecule has 0 bridgehead atoms. The zero-order valence-corrected chi connectivity index (χ0v) is 21.8. The van der Waals surface area contributed by atoms with Gasteiger partial charge in [-0.15, -0.1) is 0 Å². The zero-order chi connectivity index (χ0) is 29.6. The zero-order valence-electron chi connectivity index (χ0n) is 21.8. The number of hydrogen-bond acceptors (Lipinski definition) is 14. The minimum absolute atomic E-state index is 0.0149. The Morgan fingerprint density at radius 1 is 0.878 bits per heavy atom. The second-order valence-corrected chi connectivity index (χ2v) is 10.2. The van der Waals surface area contributed by atoms with E-state index >= 15 is 0 Å². The highest BCUT2D eigenvalue weighted by Gasteiger charge is 2.51. The summed E-state index contributed by atoms with van der Waals surface area (Å²) in [4.78, 5) is 12.9. The van der Waals surface area contributed by atoms with Crippen molar-refractivity contribution in [3.8, 4) is 23.0 Å². The smallest absolute Gasteiger partial charge is 0.229 e. The highest BCUT2D eigenvalue weighted by molar-refractivity contribution is 6.02. The van der Waals surface area contributed by atoms with Gasteiger partial charge in [-0.1, -0.05) is 12.1 Å². The van der Waals surface area contributed by atoms with Gasteiger partial charge in [0.15, 0.2) is 18.2 Å². The molecule has 224 valence electrons. The molecule has 2 fully saturated rings. The van der Waals surface area contributed by atoms with E-state index in [4.69, 9.17) is 23.7 Å². The van der Waals surface area contributed by atoms with Gasteiger partial charge >= 0.3 is 0 Å². The van der Waals surface area contributed by atoms with Gasteiger partial charge in [0.1, 0.15) is 71.3 Å². The second-order valence-electron chi connectivity index (χ2n) is 10.2. The number of carbonyl (C=O) groups is 1. The van der Waals surface area contributed by atoms with Crippen LogP contribution in [0.4, 0.5) is 0 Å². The monoisotopic (exact) mass is 580 g/mol. The van der Waals surface area contributed by atoms with Crippen LogP contribution < -0.4 is 9.47 Å². The number of fused-ring (bicyclic) bond motifs is 1. The largest absolute Gasteiger partial charge is 0.508 e. The molecule has 0 amide bonds. The lowest BCUT2D eigenvalue weighted by Gasteiger charge is -2.45. The van der Waals surface area contributed by atoms with Crippen molar-refractivity contribution in [3.05, 3.63) is 47.5 Å². The Labute approximate surface area is 233 Å². The first-order valence-electron chi connectivity index (χ1n) is 13.0. The average Bonchev–Trinajstić information content (AvgIpc) is 2.94. The predicted octanol–water partition coefficient (Wildman–Crippen LogP) is -1.17. The van der Waals surface area contributed by atoms with Gasteiger partial charge in [-0.3, -0.25) is 4.79 Å². The molecule has 0 spiro atoms. The third-order valence-electron chi connectivity index (χ3n) is 7.42. The Morgan fingerprint density at radius 2 is 1.59 bits per heavy atom. The van der Waals surface area contributed by atoms with Crippen LogP contribution in [0.3, 0.4) is 0 Å². The summed E-state index contributed by atoms with van der Waals surface area (Å²) in [6.07, 6.45) is -16.0. The number of phenols is 2. The van der Waals surface area contributed by atoms with Crippen molar-refractivity contribution in [2.75, 3.05) is 6.61 Å². The SMILES string of the molecule is C[C@@H]1O[C@@H](O[C@H]2[C@H](Oc3cc(O)c4c(c3)O[C@H](c3ccc(O)cc3)CC4=O)O[C@H](CO)[C@H](O)[C@@H]2O)[C@@H](O)[C@@H](O)[C@@H]1O. The van der Waals surface area contributed by atoms with Gasteiger partial charge in [0.2, 0.25) is 6.29 Å². The van der Waals surface area contributed by atoms with Gasteiger partial charge in [-0.05, 0) is 24.6 Å². The van der Waals surface area contributed by atoms with Crippen LogP contribution in [-0.4, -0.2) is 115 Å². The number of aliphatic hydroxyl groups is 6. The molecule has 3 aliphatic heterocycles. The fourth-order valence-corrected chi connectivity index (χ4v) is 5.07. The highest BCUT2D eigenvalue weighted by atomic mass is 16.8. The van der Waals surface area contributed by atoms with E-state index in [1.807, 2.05) is 0 Å². The molecule has 0 radical (unpaired) electrons. The third kappa shape index (κ3) is 5.70. The molecule has 0 saturated carbocycles. The predicted molar refractivity (Wildman–Crippen MR) is 134 cm³/mol. The first kappa shape index (κ1) is 29.4. The van der Waals surface area contributed by atoms with Crippen LogP contribution in [0.2, 0.25) is 0 Å². The molecule has 3 aliphatic rings. The summed E-state index contributed by atoms with van der Waals surface area (Å²) >= 11 is 0. The van der Waals surface area contributed by atoms with Gasteiger partial charge in [-0.25, -0.2) is 0 Å². The Hall–Kier alpha value is -3.05. The normalized spacial score (nSPS) is 37.2. The van der Waals surface area contributed by atoms with Crippen LogP contribution in [0.25, 0.3) is 0 Å². The summed E-state index contributed by atoms with van der Waals surface area (Å²) in [6, 6.07) is 8.50. The van der Waals surface area contributed by atoms with E-state index in [1.54, 1.807) is 12.1 Å². The summed E-state index contributed by atoms with van der Waals surface area (Å²) in [5.74, 6) is -0.947. The van der Waals surface area contributed by atoms with Crippen molar-refractivity contribution < 1.29 is 69.3 Å². The molecule has 41 heavy (non-hydrogen) atoms. The number of ketones is 1. The molecule has 0 unspecified atom stereocenters. The number of ether oxygens (including phenoxy) is 5. The quantitative estimate of drug-likeness (QED) is 0.202. The number of aliphatic hydroxyl groups excluding tert-OH is 6. The third-order valence-corrected chi connectivity index (χ3v) is 7.42. The molecule has 14 nitrogen and oxygen atoms in total. The number of Topliss-reactive ketones (excluding diaryl/α,β-unsaturated/α-hetero) is 1. The van der Waals surface area contributed by atoms with Gasteiger partial charge in [0.05, 0.1) is 19.1 Å². The lowest BCUT2D eigenvalue weighted by atomic mass is 9.95. The van der Waals surface area contributed by atoms with E-state index in [2.05, 4.69) is 0 Å². The van der Waals surface area contributed by atoms with Gasteiger partial charge in [0.25, 0.3) is 0 Å². The summed E-state index contributed by atoms with van der Waals surface area (Å²) < 4.78 is 28.6. The molecular formula is C27H32O14. The van der Waals surface area contributed by atoms with E-state index in [0.717, 1.165) is 6.07 Å². The van der Waals surface area contributed by atoms with Crippen LogP contribution in [-0.2, 0) is 14.2 Å². The Kier molecular flexibility index (Phi) is 8.39. The summed E-state index contributed by atoms with van der Waals surface area (Å²) in [5, 5.41) is 81.6. The van der Waals surface area contributed by atoms with Crippen molar-refractivity contribution >= 4 is 5.78 Å². The van der Waals surface area contributed by atoms with Crippen LogP contribution >= 0.6 is 0 Å². The first-order valence-corrected chi connectivity index (χ1v) is 13.0. The molecule has 5 rings (SSSR count). The van der Waals surface area contributed by atoms with Crippen LogP contribution in [0, 0.1) is 0 Å². The fraction of sp³-hybridized carbons (Fsp3) is 0.519. The van der Waals surface area contributed by atoms with E-state index < -0.39 is 85.7 Å². The Balaban J connectivity index is 1.41. The molecule has 8 N–H and O–H groups in total. The van der Waals surface area contributed by atoms with E-state index in [-0.39, 0.29) is 29.2 Å². The molecule has 14 heteroatoms. The van der Waals surface area contributed by atoms with Crippen molar-refractivity contribution in [1.82, 2.24) is 0 Å². The highest BCUT2D eigenvalue weighted by Crippen LogP contribution is 2.43. The molecule has 0 aromatic heterocycles. The van der Waals surface area contributed by atoms with Crippen molar-refractivity contribution in [2.45, 2.75) is 80.9 Å². The first-order chi connectivity index (χ1) is 19.5. The lowest BCUT2D eigenvalue weighted by molar-refractivity contribution is -0.354. The summed E-state index contributed by atoms with van der Waals surface area (Å²) in [7, 11) is 0. The number of phenolic OH excluding ortho intramolecular Hbond substituents is 2. The number of rotatable bonds is 6. The van der Waals surface area contributed by atoms with Crippen LogP contribution in [0.5, 0.6) is 23.0 Å². The summed E-state index contributed by atoms with van der Waals surface area (Å²) in [6.45, 7) is 0.716. The molecular weight excluding hydrogens is 548 g/mol. The molecule has 2 saturated heterocycles. The standard InChI is InChI=1S/C27H32O14/c1-10-20(32)22(34)24(36)26(37-10)41-25-23(35)21(33)18(9-28)40-27(25)38-13-6-14(30)19-15(31)8-16(39-17(19)7-13)11-2-4-12(29)5-3-11/h2-7,10,16,18,20-30,32-36H,8-9H2,1H3/t10-,16-,18+,20+,21-,22-,23-,24-,25+,26-,27+/m0/s1. The van der Waals surface area contributed by atoms with Crippen molar-refractivity contribution in [3.63, 3.8) is 0 Å². The van der Waals surface area contributed by atoms with Crippen molar-refractivity contribution in [2.24, 2.45) is 0 Å². The van der Waals surface area contributed by atoms with Gasteiger partial charge < -0.3 is 64.5 Å². The maximum Gasteiger partial charge on any atom is 0.229 e. The van der Waals surface area contributed by atoms with E-state index in [0.29, 0.717) is 5.56 Å². The summed E-state index contributed by atoms with van der Waals surface area (Å²) in [5.41, 5.74) is 0.529. The minimum Gasteiger partial charge on any atom is -0.508 e. The van der Waals surface area contributed by atoms with Crippen molar-refractivity contribution in [1.29, 1.82) is 0 Å². The van der Waals surface area contributed by atoms with Crippen LogP contribution in [0.15, 0.2) is 36.4 Å². The minimum atomic E-state index is -1.75. The number of aromatic hydroxyl groups is 2. The molecule has 2 aromatic rings. The maximum absolute atomic E-state index is 12.9. The van der Waals surface area contributed by atoms with E-state index in [1.165, 1.54) is 25.1 Å². The number of hydrogen-bond donors (Lipinski definition) is 8. The molecule has 3 heterocycles. The second kappa shape index (κ2) is 11.7. The number of benzene rings is 2. The average molecular weight is 581 g/mol. The van der Waals surface area contributed by atoms with Gasteiger partial charge in [0, 0.05) is 12.1 Å². The Morgan fingerprint density at radius 3 is 2.27 bits per heavy atom. The molecule has 11 atom stereocenters. The number of carbonyl (C=O) groups excluding carboxylic acids is 1. The van der Waals surface area contributed by atoms with E-state index in [9.17, 15) is 45.6 Å². The van der Waals surface area contributed by atoms with Gasteiger partial charge in [-0.2, -0.15) is 0 Å². The van der Waals surface area contributed by atoms with Crippen LogP contribution in [0.1, 0.15) is 35.4 Å². The molecule has 2 aromatic carbocycles. The topological polar surface area (TPSA) is 225 Å². The lowest BCUT2D eigenvalue weighted by Crippen LogP contribution is -2.64. The molecule has 0 aliphatic carbocycles. The Bertz CT molecular complexity index is 1240.